The summed E-state index contributed by atoms with van der Waals surface area (Å²) in [5, 5.41) is 9.55. The molecule has 0 N–H and O–H groups in total. The van der Waals surface area contributed by atoms with Gasteiger partial charge in [-0.25, -0.2) is 4.79 Å². The largest absolute Gasteiger partial charge is 0.454 e. The van der Waals surface area contributed by atoms with Crippen molar-refractivity contribution in [3.05, 3.63) is 77.1 Å². The van der Waals surface area contributed by atoms with E-state index in [1.807, 2.05) is 30.3 Å². The van der Waals surface area contributed by atoms with Gasteiger partial charge in [0.15, 0.2) is 6.61 Å². The van der Waals surface area contributed by atoms with E-state index in [1.54, 1.807) is 23.9 Å². The minimum Gasteiger partial charge on any atom is -0.454 e. The highest BCUT2D eigenvalue weighted by atomic mass is 19.4. The summed E-state index contributed by atoms with van der Waals surface area (Å²) in [5.74, 6) is -1.17. The summed E-state index contributed by atoms with van der Waals surface area (Å²) >= 11 is 0. The molecule has 0 radical (unpaired) electrons. The van der Waals surface area contributed by atoms with Crippen LogP contribution in [0.5, 0.6) is 0 Å². The molecule has 0 amide bonds. The Hall–Kier alpha value is -4.06. The summed E-state index contributed by atoms with van der Waals surface area (Å²) in [4.78, 5) is 27.9. The van der Waals surface area contributed by atoms with Gasteiger partial charge in [0.1, 0.15) is 17.5 Å². The molecule has 0 saturated heterocycles. The number of carbonyl (C=O) groups excluding carboxylic acids is 2. The smallest absolute Gasteiger partial charge is 0.416 e. The molecule has 3 rings (SSSR count). The van der Waals surface area contributed by atoms with Gasteiger partial charge < -0.3 is 14.5 Å². The molecule has 164 valence electrons. The lowest BCUT2D eigenvalue weighted by Crippen LogP contribution is -2.27. The highest BCUT2D eigenvalue weighted by Gasteiger charge is 2.31. The predicted octanol–water partition coefficient (Wildman–Crippen LogP) is 4.15. The zero-order chi connectivity index (χ0) is 23.5. The molecule has 2 aromatic carbocycles. The summed E-state index contributed by atoms with van der Waals surface area (Å²) in [5.41, 5.74) is 1.03. The lowest BCUT2D eigenvalue weighted by molar-refractivity contribution is -0.141. The first kappa shape index (κ1) is 22.6. The second-order valence-corrected chi connectivity index (χ2v) is 6.90. The number of esters is 1. The number of rotatable bonds is 5. The van der Waals surface area contributed by atoms with Crippen molar-refractivity contribution in [2.24, 2.45) is 0 Å². The first-order chi connectivity index (χ1) is 15.1. The molecule has 1 heterocycles. The molecular formula is C23H18F3N3O3. The number of hydrogen-bond acceptors (Lipinski definition) is 6. The van der Waals surface area contributed by atoms with Gasteiger partial charge in [-0.3, -0.25) is 4.79 Å². The normalized spacial score (nSPS) is 13.2. The third-order valence-corrected chi connectivity index (χ3v) is 4.85. The van der Waals surface area contributed by atoms with Crippen molar-refractivity contribution in [1.29, 1.82) is 5.26 Å². The molecule has 0 atom stereocenters. The molecule has 1 aliphatic heterocycles. The van der Waals surface area contributed by atoms with E-state index < -0.39 is 30.1 Å². The second kappa shape index (κ2) is 8.98. The van der Waals surface area contributed by atoms with E-state index in [2.05, 4.69) is 0 Å². The molecule has 1 aliphatic rings. The van der Waals surface area contributed by atoms with Crippen LogP contribution in [0, 0.1) is 11.3 Å². The summed E-state index contributed by atoms with van der Waals surface area (Å²) in [6, 6.07) is 13.5. The Bertz CT molecular complexity index is 1110. The molecular weight excluding hydrogens is 423 g/mol. The first-order valence-corrected chi connectivity index (χ1v) is 9.39. The standard InChI is InChI=1S/C23H18F3N3O3/c1-28-18-5-3-4-6-19(18)29(2)22(28)17(13-27)20(30)14-32-21(31)12-9-15-7-10-16(11-8-15)23(24,25)26/h3-12H,14H2,1-2H3/b12-9+. The van der Waals surface area contributed by atoms with Crippen LogP contribution in [0.1, 0.15) is 11.1 Å². The molecule has 0 saturated carbocycles. The molecule has 9 heteroatoms. The number of nitriles is 1. The van der Waals surface area contributed by atoms with Crippen LogP contribution in [0.3, 0.4) is 0 Å². The number of halogens is 3. The number of carbonyl (C=O) groups is 2. The maximum atomic E-state index is 12.6. The van der Waals surface area contributed by atoms with Crippen LogP contribution in [0.2, 0.25) is 0 Å². The molecule has 0 spiro atoms. The van der Waals surface area contributed by atoms with Crippen molar-refractivity contribution in [3.8, 4) is 6.07 Å². The number of nitrogens with zero attached hydrogens (tertiary/aromatic N) is 3. The van der Waals surface area contributed by atoms with Crippen LogP contribution >= 0.6 is 0 Å². The fourth-order valence-electron chi connectivity index (χ4n) is 3.26. The number of ketones is 1. The van der Waals surface area contributed by atoms with E-state index in [0.29, 0.717) is 11.4 Å². The van der Waals surface area contributed by atoms with Gasteiger partial charge in [-0.2, -0.15) is 18.4 Å². The van der Waals surface area contributed by atoms with Gasteiger partial charge in [-0.1, -0.05) is 24.3 Å². The molecule has 0 aliphatic carbocycles. The van der Waals surface area contributed by atoms with E-state index in [9.17, 15) is 28.0 Å². The Labute approximate surface area is 182 Å². The van der Waals surface area contributed by atoms with Crippen molar-refractivity contribution in [1.82, 2.24) is 0 Å². The molecule has 0 bridgehead atoms. The summed E-state index contributed by atoms with van der Waals surface area (Å²) in [6.07, 6.45) is -2.18. The van der Waals surface area contributed by atoms with E-state index in [-0.39, 0.29) is 5.57 Å². The first-order valence-electron chi connectivity index (χ1n) is 9.39. The number of fused-ring (bicyclic) bond motifs is 1. The van der Waals surface area contributed by atoms with Crippen LogP contribution in [-0.2, 0) is 20.5 Å². The van der Waals surface area contributed by atoms with E-state index in [0.717, 1.165) is 29.6 Å². The Morgan fingerprint density at radius 1 is 1.03 bits per heavy atom. The van der Waals surface area contributed by atoms with Gasteiger partial charge in [0.2, 0.25) is 5.78 Å². The summed E-state index contributed by atoms with van der Waals surface area (Å²) < 4.78 is 42.7. The number of ether oxygens (including phenoxy) is 1. The number of benzene rings is 2. The van der Waals surface area contributed by atoms with Crippen LogP contribution in [0.15, 0.2) is 66.0 Å². The Balaban J connectivity index is 1.66. The Morgan fingerprint density at radius 2 is 1.59 bits per heavy atom. The van der Waals surface area contributed by atoms with Gasteiger partial charge in [0, 0.05) is 20.2 Å². The monoisotopic (exact) mass is 441 g/mol. The Kier molecular flexibility index (Phi) is 6.35. The minimum absolute atomic E-state index is 0.161. The molecule has 0 unspecified atom stereocenters. The van der Waals surface area contributed by atoms with E-state index in [1.165, 1.54) is 18.2 Å². The van der Waals surface area contributed by atoms with Gasteiger partial charge >= 0.3 is 12.1 Å². The highest BCUT2D eigenvalue weighted by Crippen LogP contribution is 2.40. The molecule has 6 nitrogen and oxygen atoms in total. The quantitative estimate of drug-likeness (QED) is 0.394. The van der Waals surface area contributed by atoms with Gasteiger partial charge in [0.05, 0.1) is 16.9 Å². The van der Waals surface area contributed by atoms with Crippen LogP contribution < -0.4 is 9.80 Å². The second-order valence-electron chi connectivity index (χ2n) is 6.90. The SMILES string of the molecule is CN1C(=C(C#N)C(=O)COC(=O)/C=C/c2ccc(C(F)(F)F)cc2)N(C)c2ccccc21. The summed E-state index contributed by atoms with van der Waals surface area (Å²) in [6.45, 7) is -0.652. The van der Waals surface area contributed by atoms with Gasteiger partial charge in [-0.05, 0) is 35.9 Å². The fraction of sp³-hybridized carbons (Fsp3) is 0.174. The van der Waals surface area contributed by atoms with Crippen molar-refractivity contribution in [2.45, 2.75) is 6.18 Å². The van der Waals surface area contributed by atoms with E-state index >= 15 is 0 Å². The molecule has 0 aromatic heterocycles. The van der Waals surface area contributed by atoms with Crippen molar-refractivity contribution >= 4 is 29.2 Å². The van der Waals surface area contributed by atoms with Crippen molar-refractivity contribution in [3.63, 3.8) is 0 Å². The number of anilines is 2. The van der Waals surface area contributed by atoms with Crippen LogP contribution in [0.25, 0.3) is 6.08 Å². The van der Waals surface area contributed by atoms with Crippen molar-refractivity contribution < 1.29 is 27.5 Å². The molecule has 0 fully saturated rings. The average molecular weight is 441 g/mol. The number of hydrogen-bond donors (Lipinski definition) is 0. The number of para-hydroxylation sites is 2. The maximum absolute atomic E-state index is 12.6. The third kappa shape index (κ3) is 4.64. The lowest BCUT2D eigenvalue weighted by Gasteiger charge is -2.19. The number of alkyl halides is 3. The lowest BCUT2D eigenvalue weighted by atomic mass is 10.1. The zero-order valence-corrected chi connectivity index (χ0v) is 17.2. The highest BCUT2D eigenvalue weighted by molar-refractivity contribution is 6.04. The fourth-order valence-corrected chi connectivity index (χ4v) is 3.26. The molecule has 32 heavy (non-hydrogen) atoms. The zero-order valence-electron chi connectivity index (χ0n) is 17.2. The third-order valence-electron chi connectivity index (χ3n) is 4.85. The Morgan fingerprint density at radius 3 is 2.09 bits per heavy atom. The van der Waals surface area contributed by atoms with Crippen molar-refractivity contribution in [2.75, 3.05) is 30.5 Å². The minimum atomic E-state index is -4.45. The topological polar surface area (TPSA) is 73.6 Å². The van der Waals surface area contributed by atoms with Gasteiger partial charge in [-0.15, -0.1) is 0 Å². The van der Waals surface area contributed by atoms with Gasteiger partial charge in [0.25, 0.3) is 0 Å². The maximum Gasteiger partial charge on any atom is 0.416 e. The van der Waals surface area contributed by atoms with E-state index in [4.69, 9.17) is 4.74 Å². The summed E-state index contributed by atoms with van der Waals surface area (Å²) in [7, 11) is 3.45. The van der Waals surface area contributed by atoms with Crippen LogP contribution in [-0.4, -0.2) is 32.5 Å². The van der Waals surface area contributed by atoms with Crippen LogP contribution in [0.4, 0.5) is 24.5 Å². The predicted molar refractivity (Wildman–Crippen MR) is 112 cm³/mol. The average Bonchev–Trinajstić information content (AvgIpc) is 3.02. The molecule has 2 aromatic rings. The number of Topliss-reactive ketones (excluding diaryl/α,β-unsaturated/α-hetero) is 1.